The number of rotatable bonds is 5. The van der Waals surface area contributed by atoms with E-state index in [1.807, 2.05) is 0 Å². The van der Waals surface area contributed by atoms with Crippen molar-refractivity contribution in [3.63, 3.8) is 0 Å². The second-order valence-electron chi connectivity index (χ2n) is 6.80. The van der Waals surface area contributed by atoms with Gasteiger partial charge in [-0.15, -0.1) is 0 Å². The molecule has 0 N–H and O–H groups in total. The van der Waals surface area contributed by atoms with Crippen LogP contribution < -0.4 is 0 Å². The Hall–Kier alpha value is -1.41. The maximum atomic E-state index is 11.8. The van der Waals surface area contributed by atoms with Crippen molar-refractivity contribution in [1.29, 1.82) is 0 Å². The van der Waals surface area contributed by atoms with Crippen molar-refractivity contribution in [3.05, 3.63) is 41.0 Å². The number of Topliss-reactive ketones (excluding diaryl/α,β-unsaturated/α-hetero) is 1. The van der Waals surface area contributed by atoms with E-state index in [2.05, 4.69) is 35.2 Å². The van der Waals surface area contributed by atoms with Crippen molar-refractivity contribution in [1.82, 2.24) is 4.90 Å². The number of piperidine rings is 1. The Labute approximate surface area is 126 Å². The van der Waals surface area contributed by atoms with Crippen LogP contribution in [-0.4, -0.2) is 30.3 Å². The predicted molar refractivity (Wildman–Crippen MR) is 85.2 cm³/mol. The van der Waals surface area contributed by atoms with E-state index in [0.29, 0.717) is 17.6 Å². The number of nitrogens with zero attached hydrogens (tertiary/aromatic N) is 1. The van der Waals surface area contributed by atoms with Gasteiger partial charge in [0.2, 0.25) is 0 Å². The van der Waals surface area contributed by atoms with E-state index in [-0.39, 0.29) is 0 Å². The van der Waals surface area contributed by atoms with Gasteiger partial charge in [-0.05, 0) is 43.4 Å². The molecule has 1 heterocycles. The molecular formula is C19H23NO. The highest BCUT2D eigenvalue weighted by molar-refractivity contribution is 5.83. The van der Waals surface area contributed by atoms with Crippen LogP contribution in [0.5, 0.6) is 0 Å². The maximum Gasteiger partial charge on any atom is 0.136 e. The zero-order chi connectivity index (χ0) is 14.2. The second kappa shape index (κ2) is 5.42. The van der Waals surface area contributed by atoms with Crippen LogP contribution in [0.25, 0.3) is 6.08 Å². The molecule has 21 heavy (non-hydrogen) atoms. The minimum Gasteiger partial charge on any atom is -0.302 e. The number of hydrogen-bond donors (Lipinski definition) is 0. The van der Waals surface area contributed by atoms with E-state index in [0.717, 1.165) is 45.3 Å². The largest absolute Gasteiger partial charge is 0.302 e. The van der Waals surface area contributed by atoms with Gasteiger partial charge in [0.25, 0.3) is 0 Å². The Morgan fingerprint density at radius 1 is 1.24 bits per heavy atom. The van der Waals surface area contributed by atoms with Crippen molar-refractivity contribution >= 4 is 11.9 Å². The number of fused-ring (bicyclic) bond motifs is 3. The van der Waals surface area contributed by atoms with E-state index in [9.17, 15) is 4.79 Å². The molecule has 3 aliphatic rings. The van der Waals surface area contributed by atoms with Crippen LogP contribution >= 0.6 is 0 Å². The summed E-state index contributed by atoms with van der Waals surface area (Å²) in [5, 5.41) is 0. The molecule has 4 rings (SSSR count). The highest BCUT2D eigenvalue weighted by Crippen LogP contribution is 2.40. The van der Waals surface area contributed by atoms with E-state index in [1.165, 1.54) is 17.5 Å². The number of likely N-dealkylation sites (tertiary alicyclic amines) is 1. The molecule has 0 aromatic heterocycles. The molecule has 0 amide bonds. The molecule has 110 valence electrons. The normalized spacial score (nSPS) is 24.4. The molecule has 2 nitrogen and oxygen atoms in total. The van der Waals surface area contributed by atoms with Gasteiger partial charge < -0.3 is 4.90 Å². The molecule has 0 spiro atoms. The molecule has 2 heteroatoms. The van der Waals surface area contributed by atoms with Crippen LogP contribution in [0.4, 0.5) is 0 Å². The molecule has 1 atom stereocenters. The van der Waals surface area contributed by atoms with Crippen molar-refractivity contribution in [2.24, 2.45) is 5.92 Å². The lowest BCUT2D eigenvalue weighted by Gasteiger charge is -2.33. The van der Waals surface area contributed by atoms with Crippen LogP contribution in [0.3, 0.4) is 0 Å². The van der Waals surface area contributed by atoms with Crippen molar-refractivity contribution in [3.8, 4) is 0 Å². The van der Waals surface area contributed by atoms with Gasteiger partial charge in [-0.2, -0.15) is 0 Å². The lowest BCUT2D eigenvalue weighted by molar-refractivity contribution is -0.120. The SMILES string of the molecule is O=C(CCCN1CCC2=Cc3ccccc3C2C1)C1CC1. The summed E-state index contributed by atoms with van der Waals surface area (Å²) in [5.41, 5.74) is 4.54. The molecule has 0 bridgehead atoms. The highest BCUT2D eigenvalue weighted by Gasteiger charge is 2.31. The monoisotopic (exact) mass is 281 g/mol. The summed E-state index contributed by atoms with van der Waals surface area (Å²) in [6.45, 7) is 3.39. The quantitative estimate of drug-likeness (QED) is 0.821. The first kappa shape index (κ1) is 13.3. The summed E-state index contributed by atoms with van der Waals surface area (Å²) in [6, 6.07) is 8.81. The molecule has 1 unspecified atom stereocenters. The fourth-order valence-electron chi connectivity index (χ4n) is 3.85. The number of benzene rings is 1. The topological polar surface area (TPSA) is 20.3 Å². The lowest BCUT2D eigenvalue weighted by Crippen LogP contribution is -2.35. The molecule has 1 aliphatic heterocycles. The summed E-state index contributed by atoms with van der Waals surface area (Å²) in [4.78, 5) is 14.3. The summed E-state index contributed by atoms with van der Waals surface area (Å²) in [6.07, 6.45) is 7.73. The number of carbonyl (C=O) groups is 1. The fraction of sp³-hybridized carbons (Fsp3) is 0.526. The zero-order valence-corrected chi connectivity index (χ0v) is 12.6. The van der Waals surface area contributed by atoms with Gasteiger partial charge in [0.05, 0.1) is 0 Å². The first-order valence-electron chi connectivity index (χ1n) is 8.36. The molecule has 2 aliphatic carbocycles. The predicted octanol–water partition coefficient (Wildman–Crippen LogP) is 3.63. The minimum atomic E-state index is 0.433. The smallest absolute Gasteiger partial charge is 0.136 e. The third-order valence-electron chi connectivity index (χ3n) is 5.25. The first-order valence-corrected chi connectivity index (χ1v) is 8.36. The second-order valence-corrected chi connectivity index (χ2v) is 6.80. The maximum absolute atomic E-state index is 11.8. The van der Waals surface area contributed by atoms with Gasteiger partial charge >= 0.3 is 0 Å². The van der Waals surface area contributed by atoms with Crippen LogP contribution in [0.15, 0.2) is 29.8 Å². The Balaban J connectivity index is 1.34. The lowest BCUT2D eigenvalue weighted by atomic mass is 9.90. The van der Waals surface area contributed by atoms with Gasteiger partial charge in [0, 0.05) is 31.3 Å². The van der Waals surface area contributed by atoms with E-state index >= 15 is 0 Å². The third kappa shape index (κ3) is 2.69. The van der Waals surface area contributed by atoms with Crippen molar-refractivity contribution in [2.75, 3.05) is 19.6 Å². The molecule has 1 saturated carbocycles. The van der Waals surface area contributed by atoms with E-state index in [4.69, 9.17) is 0 Å². The van der Waals surface area contributed by atoms with E-state index in [1.54, 1.807) is 5.57 Å². The van der Waals surface area contributed by atoms with Crippen LogP contribution in [0.2, 0.25) is 0 Å². The fourth-order valence-corrected chi connectivity index (χ4v) is 3.85. The molecule has 1 saturated heterocycles. The standard InChI is InChI=1S/C19H23NO/c21-19(14-7-8-14)6-3-10-20-11-9-16-12-15-4-1-2-5-17(15)18(16)13-20/h1-2,4-5,12,14,18H,3,6-11,13H2. The van der Waals surface area contributed by atoms with Crippen LogP contribution in [0, 0.1) is 5.92 Å². The summed E-state index contributed by atoms with van der Waals surface area (Å²) in [5.74, 6) is 1.55. The summed E-state index contributed by atoms with van der Waals surface area (Å²) >= 11 is 0. The average Bonchev–Trinajstić information content (AvgIpc) is 3.29. The Morgan fingerprint density at radius 2 is 2.10 bits per heavy atom. The number of hydrogen-bond acceptors (Lipinski definition) is 2. The van der Waals surface area contributed by atoms with Crippen LogP contribution in [-0.2, 0) is 4.79 Å². The molecule has 0 radical (unpaired) electrons. The Kier molecular flexibility index (Phi) is 3.42. The number of carbonyl (C=O) groups excluding carboxylic acids is 1. The van der Waals surface area contributed by atoms with Crippen molar-refractivity contribution < 1.29 is 4.79 Å². The van der Waals surface area contributed by atoms with Gasteiger partial charge in [0.1, 0.15) is 5.78 Å². The average molecular weight is 281 g/mol. The van der Waals surface area contributed by atoms with Gasteiger partial charge in [0.15, 0.2) is 0 Å². The minimum absolute atomic E-state index is 0.433. The van der Waals surface area contributed by atoms with Gasteiger partial charge in [-0.1, -0.05) is 35.9 Å². The zero-order valence-electron chi connectivity index (χ0n) is 12.6. The third-order valence-corrected chi connectivity index (χ3v) is 5.25. The van der Waals surface area contributed by atoms with Gasteiger partial charge in [-0.3, -0.25) is 4.79 Å². The molecule has 1 aromatic carbocycles. The summed E-state index contributed by atoms with van der Waals surface area (Å²) in [7, 11) is 0. The van der Waals surface area contributed by atoms with Crippen molar-refractivity contribution in [2.45, 2.75) is 38.0 Å². The van der Waals surface area contributed by atoms with Crippen LogP contribution in [0.1, 0.15) is 49.1 Å². The molecule has 1 aromatic rings. The highest BCUT2D eigenvalue weighted by atomic mass is 16.1. The Morgan fingerprint density at radius 3 is 2.95 bits per heavy atom. The Bertz CT molecular complexity index is 585. The first-order chi connectivity index (χ1) is 10.3. The summed E-state index contributed by atoms with van der Waals surface area (Å²) < 4.78 is 0. The van der Waals surface area contributed by atoms with Gasteiger partial charge in [-0.25, -0.2) is 0 Å². The number of ketones is 1. The molecule has 2 fully saturated rings. The van der Waals surface area contributed by atoms with E-state index < -0.39 is 0 Å². The molecular weight excluding hydrogens is 258 g/mol.